The maximum atomic E-state index is 11.0. The fourth-order valence-electron chi connectivity index (χ4n) is 2.39. The molecule has 0 atom stereocenters. The molecule has 0 unspecified atom stereocenters. The quantitative estimate of drug-likeness (QED) is 0.589. The Morgan fingerprint density at radius 3 is 2.77 bits per heavy atom. The van der Waals surface area contributed by atoms with Crippen LogP contribution in [0.3, 0.4) is 0 Å². The lowest BCUT2D eigenvalue weighted by atomic mass is 10.2. The lowest BCUT2D eigenvalue weighted by Gasteiger charge is -2.07. The third-order valence-corrected chi connectivity index (χ3v) is 3.46. The average molecular weight is 298 g/mol. The molecule has 0 amide bonds. The maximum absolute atomic E-state index is 11.0. The van der Waals surface area contributed by atoms with Crippen molar-refractivity contribution in [3.05, 3.63) is 45.9 Å². The number of nitro benzene ring substituents is 1. The molecule has 0 saturated carbocycles. The van der Waals surface area contributed by atoms with E-state index in [1.165, 1.54) is 12.4 Å². The monoisotopic (exact) mass is 298 g/mol. The molecule has 0 aliphatic carbocycles. The Morgan fingerprint density at radius 2 is 2.05 bits per heavy atom. The molecule has 0 bridgehead atoms. The Balaban J connectivity index is 2.07. The number of rotatable bonds is 3. The smallest absolute Gasteiger partial charge is 0.274 e. The molecule has 3 aromatic rings. The van der Waals surface area contributed by atoms with Crippen LogP contribution in [0.5, 0.6) is 0 Å². The normalized spacial score (nSPS) is 10.9. The Hall–Kier alpha value is -3.03. The minimum absolute atomic E-state index is 0.0678. The highest BCUT2D eigenvalue weighted by Crippen LogP contribution is 2.28. The molecular weight excluding hydrogens is 284 g/mol. The molecule has 3 rings (SSSR count). The second kappa shape index (κ2) is 5.06. The first-order chi connectivity index (χ1) is 10.5. The van der Waals surface area contributed by atoms with Crippen LogP contribution in [0.15, 0.2) is 24.5 Å². The van der Waals surface area contributed by atoms with Crippen molar-refractivity contribution < 1.29 is 4.92 Å². The summed E-state index contributed by atoms with van der Waals surface area (Å²) >= 11 is 0. The predicted molar refractivity (Wildman–Crippen MR) is 82.2 cm³/mol. The Morgan fingerprint density at radius 1 is 1.27 bits per heavy atom. The van der Waals surface area contributed by atoms with Gasteiger partial charge in [-0.3, -0.25) is 14.8 Å². The zero-order valence-corrected chi connectivity index (χ0v) is 12.4. The molecule has 8 heteroatoms. The number of hydrogen-bond donors (Lipinski definition) is 1. The molecule has 0 radical (unpaired) electrons. The topological polar surface area (TPSA) is 98.8 Å². The van der Waals surface area contributed by atoms with E-state index >= 15 is 0 Å². The van der Waals surface area contributed by atoms with E-state index in [0.717, 1.165) is 11.1 Å². The number of nitrogens with zero attached hydrogens (tertiary/aromatic N) is 5. The van der Waals surface area contributed by atoms with Gasteiger partial charge in [-0.05, 0) is 19.9 Å². The maximum Gasteiger partial charge on any atom is 0.274 e. The van der Waals surface area contributed by atoms with Gasteiger partial charge < -0.3 is 5.32 Å². The molecule has 1 aromatic carbocycles. The van der Waals surface area contributed by atoms with Gasteiger partial charge in [0, 0.05) is 24.4 Å². The number of fused-ring (bicyclic) bond motifs is 1. The van der Waals surface area contributed by atoms with Crippen LogP contribution >= 0.6 is 0 Å². The molecule has 22 heavy (non-hydrogen) atoms. The van der Waals surface area contributed by atoms with Crippen molar-refractivity contribution in [2.75, 3.05) is 5.32 Å². The average Bonchev–Trinajstić information content (AvgIpc) is 2.77. The predicted octanol–water partition coefficient (Wildman–Crippen LogP) is 2.63. The van der Waals surface area contributed by atoms with E-state index in [-0.39, 0.29) is 5.69 Å². The SMILES string of the molecule is Cc1ccc(Nc2ncnc3c2c(C)nn3C)cc1[N+](=O)[O-]. The summed E-state index contributed by atoms with van der Waals surface area (Å²) in [4.78, 5) is 19.1. The zero-order valence-electron chi connectivity index (χ0n) is 12.4. The van der Waals surface area contributed by atoms with Gasteiger partial charge in [0.25, 0.3) is 5.69 Å². The van der Waals surface area contributed by atoms with E-state index in [1.54, 1.807) is 23.7 Å². The van der Waals surface area contributed by atoms with Crippen LogP contribution in [0, 0.1) is 24.0 Å². The van der Waals surface area contributed by atoms with Crippen LogP contribution in [0.1, 0.15) is 11.3 Å². The summed E-state index contributed by atoms with van der Waals surface area (Å²) < 4.78 is 1.68. The minimum atomic E-state index is -0.397. The summed E-state index contributed by atoms with van der Waals surface area (Å²) in [5.74, 6) is 0.578. The molecule has 0 fully saturated rings. The van der Waals surface area contributed by atoms with Gasteiger partial charge >= 0.3 is 0 Å². The fraction of sp³-hybridized carbons (Fsp3) is 0.214. The molecular formula is C14H14N6O2. The number of anilines is 2. The van der Waals surface area contributed by atoms with Crippen molar-refractivity contribution in [3.8, 4) is 0 Å². The second-order valence-electron chi connectivity index (χ2n) is 5.01. The van der Waals surface area contributed by atoms with Crippen molar-refractivity contribution in [3.63, 3.8) is 0 Å². The summed E-state index contributed by atoms with van der Waals surface area (Å²) in [6, 6.07) is 4.98. The van der Waals surface area contributed by atoms with Crippen molar-refractivity contribution in [2.24, 2.45) is 7.05 Å². The second-order valence-corrected chi connectivity index (χ2v) is 5.01. The Labute approximate surface area is 126 Å². The molecule has 8 nitrogen and oxygen atoms in total. The third kappa shape index (κ3) is 2.24. The molecule has 1 N–H and O–H groups in total. The van der Waals surface area contributed by atoms with Crippen molar-refractivity contribution >= 4 is 28.2 Å². The van der Waals surface area contributed by atoms with E-state index in [2.05, 4.69) is 20.4 Å². The summed E-state index contributed by atoms with van der Waals surface area (Å²) in [7, 11) is 1.81. The van der Waals surface area contributed by atoms with Gasteiger partial charge in [0.15, 0.2) is 5.65 Å². The molecule has 112 valence electrons. The summed E-state index contributed by atoms with van der Waals surface area (Å²) in [6.07, 6.45) is 1.44. The van der Waals surface area contributed by atoms with E-state index in [4.69, 9.17) is 0 Å². The summed E-state index contributed by atoms with van der Waals surface area (Å²) in [5.41, 5.74) is 2.78. The number of nitrogens with one attached hydrogen (secondary N) is 1. The lowest BCUT2D eigenvalue weighted by Crippen LogP contribution is -1.99. The number of hydrogen-bond acceptors (Lipinski definition) is 6. The Bertz CT molecular complexity index is 886. The number of benzene rings is 1. The highest BCUT2D eigenvalue weighted by molar-refractivity contribution is 5.91. The van der Waals surface area contributed by atoms with Gasteiger partial charge in [-0.25, -0.2) is 9.97 Å². The number of nitro groups is 1. The zero-order chi connectivity index (χ0) is 15.9. The molecule has 0 aliphatic heterocycles. The first kappa shape index (κ1) is 13.9. The van der Waals surface area contributed by atoms with E-state index in [9.17, 15) is 10.1 Å². The van der Waals surface area contributed by atoms with Crippen LogP contribution < -0.4 is 5.32 Å². The number of aryl methyl sites for hydroxylation is 3. The number of aromatic nitrogens is 4. The Kier molecular flexibility index (Phi) is 3.21. The largest absolute Gasteiger partial charge is 0.339 e. The first-order valence-electron chi connectivity index (χ1n) is 6.63. The lowest BCUT2D eigenvalue weighted by molar-refractivity contribution is -0.385. The minimum Gasteiger partial charge on any atom is -0.339 e. The fourth-order valence-corrected chi connectivity index (χ4v) is 2.39. The van der Waals surface area contributed by atoms with Gasteiger partial charge in [0.1, 0.15) is 12.1 Å². The van der Waals surface area contributed by atoms with E-state index in [1.807, 2.05) is 14.0 Å². The van der Waals surface area contributed by atoms with Gasteiger partial charge in [0.2, 0.25) is 0 Å². The molecule has 0 aliphatic rings. The van der Waals surface area contributed by atoms with Crippen LogP contribution in [-0.4, -0.2) is 24.7 Å². The first-order valence-corrected chi connectivity index (χ1v) is 6.63. The molecule has 0 spiro atoms. The van der Waals surface area contributed by atoms with Gasteiger partial charge in [-0.1, -0.05) is 6.07 Å². The highest BCUT2D eigenvalue weighted by atomic mass is 16.6. The van der Waals surface area contributed by atoms with Gasteiger partial charge in [0.05, 0.1) is 16.0 Å². The van der Waals surface area contributed by atoms with E-state index in [0.29, 0.717) is 22.7 Å². The van der Waals surface area contributed by atoms with Crippen molar-refractivity contribution in [1.82, 2.24) is 19.7 Å². The van der Waals surface area contributed by atoms with Crippen molar-refractivity contribution in [2.45, 2.75) is 13.8 Å². The van der Waals surface area contributed by atoms with Gasteiger partial charge in [-0.2, -0.15) is 5.10 Å². The van der Waals surface area contributed by atoms with Crippen molar-refractivity contribution in [1.29, 1.82) is 0 Å². The molecule has 2 heterocycles. The van der Waals surface area contributed by atoms with Gasteiger partial charge in [-0.15, -0.1) is 0 Å². The summed E-state index contributed by atoms with van der Waals surface area (Å²) in [6.45, 7) is 3.57. The van der Waals surface area contributed by atoms with E-state index < -0.39 is 4.92 Å². The summed E-state index contributed by atoms with van der Waals surface area (Å²) in [5, 5.41) is 19.3. The van der Waals surface area contributed by atoms with Crippen LogP contribution in [0.4, 0.5) is 17.2 Å². The molecule has 0 saturated heterocycles. The third-order valence-electron chi connectivity index (χ3n) is 3.46. The van der Waals surface area contributed by atoms with Crippen LogP contribution in [-0.2, 0) is 7.05 Å². The molecule has 2 aromatic heterocycles. The highest BCUT2D eigenvalue weighted by Gasteiger charge is 2.15. The van der Waals surface area contributed by atoms with Crippen LogP contribution in [0.25, 0.3) is 11.0 Å². The standard InChI is InChI=1S/C14H14N6O2/c1-8-4-5-10(6-11(8)20(21)22)17-13-12-9(2)18-19(3)14(12)16-7-15-13/h4-7H,1-3H3,(H,15,16,17). The van der Waals surface area contributed by atoms with Crippen LogP contribution in [0.2, 0.25) is 0 Å².